The summed E-state index contributed by atoms with van der Waals surface area (Å²) in [6.07, 6.45) is 15.1. The molecule has 2 aromatic carbocycles. The first-order valence-corrected chi connectivity index (χ1v) is 18.6. The molecular formula is C39H62F3O2S2+. The van der Waals surface area contributed by atoms with E-state index in [1.807, 2.05) is 0 Å². The molecule has 3 atom stereocenters. The van der Waals surface area contributed by atoms with Gasteiger partial charge in [-0.25, -0.2) is 4.39 Å². The van der Waals surface area contributed by atoms with Gasteiger partial charge in [0, 0.05) is 0 Å². The van der Waals surface area contributed by atoms with E-state index in [1.54, 1.807) is 0 Å². The Hall–Kier alpha value is -1.67. The lowest BCUT2D eigenvalue weighted by molar-refractivity contribution is -0.0706. The molecule has 0 radical (unpaired) electrons. The van der Waals surface area contributed by atoms with E-state index < -0.39 is 24.8 Å². The zero-order valence-electron chi connectivity index (χ0n) is 29.7. The van der Waals surface area contributed by atoms with E-state index in [0.29, 0.717) is 5.41 Å². The fraction of sp³-hybridized carbons (Fsp3) is 0.590. The number of rotatable bonds is 18. The lowest BCUT2D eigenvalue weighted by atomic mass is 9.73. The van der Waals surface area contributed by atoms with Crippen molar-refractivity contribution in [3.63, 3.8) is 0 Å². The molecule has 0 aliphatic heterocycles. The molecule has 1 N–H and O–H groups in total. The first kappa shape index (κ1) is 44.3. The molecule has 0 fully saturated rings. The van der Waals surface area contributed by atoms with Crippen LogP contribution in [0.1, 0.15) is 107 Å². The average Bonchev–Trinajstić information content (AvgIpc) is 3.05. The van der Waals surface area contributed by atoms with E-state index in [4.69, 9.17) is 5.11 Å². The summed E-state index contributed by atoms with van der Waals surface area (Å²) in [5.41, 5.74) is 0.539. The summed E-state index contributed by atoms with van der Waals surface area (Å²) in [6, 6.07) is 21.5. The van der Waals surface area contributed by atoms with Gasteiger partial charge in [-0.2, -0.15) is 8.78 Å². The van der Waals surface area contributed by atoms with E-state index in [9.17, 15) is 13.2 Å². The van der Waals surface area contributed by atoms with Crippen molar-refractivity contribution >= 4 is 23.5 Å². The minimum Gasteiger partial charge on any atom is -0.371 e. The molecule has 0 aliphatic rings. The minimum absolute atomic E-state index is 0.0162. The van der Waals surface area contributed by atoms with Gasteiger partial charge in [0.2, 0.25) is 0 Å². The number of thiol groups is 1. The van der Waals surface area contributed by atoms with Gasteiger partial charge in [0.25, 0.3) is 0 Å². The van der Waals surface area contributed by atoms with Crippen LogP contribution in [0.15, 0.2) is 93.6 Å². The number of halogens is 3. The predicted octanol–water partition coefficient (Wildman–Crippen LogP) is 12.5. The molecule has 0 aromatic heterocycles. The zero-order chi connectivity index (χ0) is 35.0. The largest absolute Gasteiger partial charge is 0.371 e. The van der Waals surface area contributed by atoms with Crippen molar-refractivity contribution in [2.75, 3.05) is 13.4 Å². The number of alkyl halides is 3. The standard InChI is InChI=1S/C19H21S.C16H34.C4H7F3O2S/c1-3-5-12-17(4-2)20(18-13-8-6-9-14-18)19-15-10-7-11-16-19;1-7-9-10-11-15(4)16(5,6)13-12-14(3)8-2;5-3(1-9-2-8)4(6,7)10/h4-16H,3H2,1-2H3;14-15H,7-13H2,1-6H3;3,8,10H,1-2H2/q+1;;/b12-5-,17-4+;;. The molecule has 0 saturated heterocycles. The third-order valence-corrected chi connectivity index (χ3v) is 10.9. The zero-order valence-corrected chi connectivity index (χ0v) is 31.4. The SMILES string of the molecule is C/C=C(\C=C/CC)[S+](c1ccccc1)c1ccccc1.CCCCCC(C)C(C)(C)CCC(C)CC.OCOCC(F)C(F)(F)S. The number of unbranched alkanes of at least 4 members (excludes halogenated alkanes) is 2. The van der Waals surface area contributed by atoms with Crippen LogP contribution in [-0.2, 0) is 15.6 Å². The Bertz CT molecular complexity index is 1020. The van der Waals surface area contributed by atoms with Gasteiger partial charge < -0.3 is 9.84 Å². The molecule has 7 heteroatoms. The maximum absolute atomic E-state index is 12.0. The summed E-state index contributed by atoms with van der Waals surface area (Å²) in [5.74, 6) is 1.78. The molecule has 2 rings (SSSR count). The Balaban J connectivity index is 0.000000701. The quantitative estimate of drug-likeness (QED) is 0.0538. The molecule has 0 bridgehead atoms. The molecule has 46 heavy (non-hydrogen) atoms. The lowest BCUT2D eigenvalue weighted by Gasteiger charge is -2.33. The maximum Gasteiger partial charge on any atom is 0.324 e. The van der Waals surface area contributed by atoms with Gasteiger partial charge >= 0.3 is 5.25 Å². The monoisotopic (exact) mass is 683 g/mol. The number of allylic oxidation sites excluding steroid dienone is 3. The Kier molecular flexibility index (Phi) is 24.4. The van der Waals surface area contributed by atoms with Gasteiger partial charge in [0.05, 0.1) is 17.5 Å². The fourth-order valence-corrected chi connectivity index (χ4v) is 6.67. The number of hydrogen-bond acceptors (Lipinski definition) is 3. The second-order valence-corrected chi connectivity index (χ2v) is 15.0. The number of aliphatic hydroxyl groups is 1. The molecule has 0 aliphatic carbocycles. The highest BCUT2D eigenvalue weighted by Crippen LogP contribution is 2.36. The maximum atomic E-state index is 12.0. The van der Waals surface area contributed by atoms with Crippen LogP contribution in [0.25, 0.3) is 0 Å². The van der Waals surface area contributed by atoms with Crippen LogP contribution in [0.3, 0.4) is 0 Å². The van der Waals surface area contributed by atoms with E-state index in [0.717, 1.165) is 18.3 Å². The van der Waals surface area contributed by atoms with Crippen LogP contribution in [0, 0.1) is 17.3 Å². The molecule has 2 aromatic rings. The summed E-state index contributed by atoms with van der Waals surface area (Å²) in [4.78, 5) is 4.12. The first-order valence-electron chi connectivity index (χ1n) is 16.9. The third kappa shape index (κ3) is 19.2. The Labute approximate surface area is 288 Å². The van der Waals surface area contributed by atoms with Crippen LogP contribution in [0.2, 0.25) is 0 Å². The molecule has 0 saturated carbocycles. The van der Waals surface area contributed by atoms with E-state index in [-0.39, 0.29) is 10.9 Å². The predicted molar refractivity (Wildman–Crippen MR) is 198 cm³/mol. The molecule has 262 valence electrons. The summed E-state index contributed by atoms with van der Waals surface area (Å²) < 4.78 is 39.5. The Morgan fingerprint density at radius 1 is 0.935 bits per heavy atom. The van der Waals surface area contributed by atoms with Crippen molar-refractivity contribution in [3.05, 3.63) is 83.8 Å². The van der Waals surface area contributed by atoms with E-state index >= 15 is 0 Å². The number of benzene rings is 2. The van der Waals surface area contributed by atoms with Crippen molar-refractivity contribution in [2.45, 2.75) is 128 Å². The Morgan fingerprint density at radius 2 is 1.48 bits per heavy atom. The van der Waals surface area contributed by atoms with Gasteiger partial charge in [-0.05, 0) is 73.4 Å². The minimum atomic E-state index is -3.70. The van der Waals surface area contributed by atoms with E-state index in [1.165, 1.54) is 59.6 Å². The Morgan fingerprint density at radius 3 is 1.89 bits per heavy atom. The highest BCUT2D eigenvalue weighted by molar-refractivity contribution is 8.00. The molecular weight excluding hydrogens is 622 g/mol. The van der Waals surface area contributed by atoms with Crippen molar-refractivity contribution in [2.24, 2.45) is 17.3 Å². The van der Waals surface area contributed by atoms with Crippen LogP contribution in [-0.4, -0.2) is 29.9 Å². The molecule has 2 nitrogen and oxygen atoms in total. The lowest BCUT2D eigenvalue weighted by Crippen LogP contribution is -2.28. The van der Waals surface area contributed by atoms with Crippen molar-refractivity contribution in [1.82, 2.24) is 0 Å². The number of hydrogen-bond donors (Lipinski definition) is 2. The van der Waals surface area contributed by atoms with Crippen molar-refractivity contribution in [1.29, 1.82) is 0 Å². The normalized spacial score (nSPS) is 14.3. The average molecular weight is 684 g/mol. The van der Waals surface area contributed by atoms with Crippen LogP contribution in [0.5, 0.6) is 0 Å². The van der Waals surface area contributed by atoms with Crippen LogP contribution in [0.4, 0.5) is 13.2 Å². The van der Waals surface area contributed by atoms with Crippen molar-refractivity contribution < 1.29 is 23.0 Å². The van der Waals surface area contributed by atoms with Gasteiger partial charge in [-0.3, -0.25) is 0 Å². The molecule has 0 spiro atoms. The second kappa shape index (κ2) is 25.4. The highest BCUT2D eigenvalue weighted by atomic mass is 32.2. The molecule has 0 heterocycles. The summed E-state index contributed by atoms with van der Waals surface area (Å²) >= 11 is 2.65. The third-order valence-electron chi connectivity index (χ3n) is 8.28. The van der Waals surface area contributed by atoms with Crippen molar-refractivity contribution in [3.8, 4) is 0 Å². The smallest absolute Gasteiger partial charge is 0.324 e. The first-order chi connectivity index (χ1) is 21.8. The van der Waals surface area contributed by atoms with Gasteiger partial charge in [-0.15, -0.1) is 12.6 Å². The fourth-order valence-electron chi connectivity index (χ4n) is 4.45. The molecule has 3 unspecified atom stereocenters. The van der Waals surface area contributed by atoms with Gasteiger partial charge in [-0.1, -0.05) is 129 Å². The van der Waals surface area contributed by atoms with Gasteiger partial charge in [0.15, 0.2) is 20.9 Å². The van der Waals surface area contributed by atoms with Crippen LogP contribution >= 0.6 is 12.6 Å². The highest BCUT2D eigenvalue weighted by Gasteiger charge is 2.35. The second-order valence-electron chi connectivity index (χ2n) is 12.4. The summed E-state index contributed by atoms with van der Waals surface area (Å²) in [7, 11) is -0.0162. The topological polar surface area (TPSA) is 29.5 Å². The van der Waals surface area contributed by atoms with Gasteiger partial charge in [0.1, 0.15) is 6.79 Å². The summed E-state index contributed by atoms with van der Waals surface area (Å²) in [5, 5.41) is 4.22. The van der Waals surface area contributed by atoms with Crippen LogP contribution < -0.4 is 0 Å². The number of aliphatic hydroxyl groups excluding tert-OH is 1. The summed E-state index contributed by atoms with van der Waals surface area (Å²) in [6.45, 7) is 17.0. The van der Waals surface area contributed by atoms with E-state index in [2.05, 4.69) is 152 Å². The number of ether oxygens (including phenoxy) is 1. The molecule has 0 amide bonds.